The largest absolute Gasteiger partial charge is 0.275 e. The van der Waals surface area contributed by atoms with Crippen LogP contribution in [0.2, 0.25) is 0 Å². The van der Waals surface area contributed by atoms with Gasteiger partial charge in [-0.1, -0.05) is 54.6 Å². The highest BCUT2D eigenvalue weighted by molar-refractivity contribution is 6.05. The van der Waals surface area contributed by atoms with Crippen molar-refractivity contribution in [3.8, 4) is 0 Å². The third-order valence-electron chi connectivity index (χ3n) is 3.43. The molecule has 0 atom stereocenters. The molecule has 3 rings (SSSR count). The van der Waals surface area contributed by atoms with Crippen LogP contribution in [0.3, 0.4) is 0 Å². The molecule has 0 spiro atoms. The van der Waals surface area contributed by atoms with Crippen LogP contribution in [0.5, 0.6) is 0 Å². The maximum atomic E-state index is 12.4. The van der Waals surface area contributed by atoms with Crippen molar-refractivity contribution in [2.75, 3.05) is 0 Å². The molecule has 0 radical (unpaired) electrons. The molecule has 1 heterocycles. The fraction of sp³-hybridized carbons (Fsp3) is 0. The third-order valence-corrected chi connectivity index (χ3v) is 3.43. The van der Waals surface area contributed by atoms with Crippen LogP contribution in [-0.2, 0) is 4.79 Å². The van der Waals surface area contributed by atoms with Crippen molar-refractivity contribution in [2.24, 2.45) is 0 Å². The number of benzene rings is 2. The molecule has 2 aromatic rings. The van der Waals surface area contributed by atoms with Crippen molar-refractivity contribution in [3.05, 3.63) is 83.6 Å². The van der Waals surface area contributed by atoms with Crippen LogP contribution < -0.4 is 0 Å². The van der Waals surface area contributed by atoms with Gasteiger partial charge < -0.3 is 0 Å². The van der Waals surface area contributed by atoms with Crippen molar-refractivity contribution in [2.45, 2.75) is 0 Å². The fourth-order valence-corrected chi connectivity index (χ4v) is 2.34. The third kappa shape index (κ3) is 2.66. The van der Waals surface area contributed by atoms with Crippen LogP contribution >= 0.6 is 0 Å². The van der Waals surface area contributed by atoms with Crippen molar-refractivity contribution in [3.63, 3.8) is 0 Å². The van der Waals surface area contributed by atoms with Crippen molar-refractivity contribution >= 4 is 29.6 Å². The van der Waals surface area contributed by atoms with Gasteiger partial charge in [0.2, 0.25) is 0 Å². The summed E-state index contributed by atoms with van der Waals surface area (Å²) < 4.78 is 0. The average molecular weight is 286 g/mol. The zero-order valence-electron chi connectivity index (χ0n) is 11.9. The number of hydrogen-bond acceptors (Lipinski definition) is 2. The van der Waals surface area contributed by atoms with Gasteiger partial charge in [0.05, 0.1) is 0 Å². The monoisotopic (exact) mass is 286 g/mol. The molecule has 0 fully saturated rings. The van der Waals surface area contributed by atoms with Gasteiger partial charge in [-0.2, -0.15) is 0 Å². The first-order valence-corrected chi connectivity index (χ1v) is 6.93. The number of carbonyl (C=O) groups excluding carboxylic acids is 1. The molecular formula is C19H14N2O. The Labute approximate surface area is 129 Å². The average Bonchev–Trinajstić information content (AvgIpc) is 2.59. The summed E-state index contributed by atoms with van der Waals surface area (Å²) in [5.41, 5.74) is 3.23. The van der Waals surface area contributed by atoms with E-state index in [1.54, 1.807) is 12.3 Å². The number of hydrogen-bond donors (Lipinski definition) is 1. The van der Waals surface area contributed by atoms with E-state index < -0.39 is 0 Å². The van der Waals surface area contributed by atoms with Crippen LogP contribution in [0.4, 0.5) is 0 Å². The SMILES string of the molecule is N=C=C1c2ccccc2C=CN1C(=O)/C=C/c1ccccc1. The van der Waals surface area contributed by atoms with Gasteiger partial charge in [-0.15, -0.1) is 0 Å². The topological polar surface area (TPSA) is 44.2 Å². The lowest BCUT2D eigenvalue weighted by atomic mass is 10.0. The molecule has 0 saturated carbocycles. The Bertz CT molecular complexity index is 812. The summed E-state index contributed by atoms with van der Waals surface area (Å²) in [5.74, 6) is 2.17. The first-order valence-electron chi connectivity index (χ1n) is 6.93. The Balaban J connectivity index is 1.88. The van der Waals surface area contributed by atoms with Crippen molar-refractivity contribution < 1.29 is 4.79 Å². The van der Waals surface area contributed by atoms with Crippen LogP contribution in [0, 0.1) is 5.41 Å². The van der Waals surface area contributed by atoms with Crippen LogP contribution in [-0.4, -0.2) is 16.7 Å². The lowest BCUT2D eigenvalue weighted by molar-refractivity contribution is -0.121. The van der Waals surface area contributed by atoms with E-state index in [-0.39, 0.29) is 5.91 Å². The zero-order valence-corrected chi connectivity index (χ0v) is 11.9. The van der Waals surface area contributed by atoms with E-state index in [1.807, 2.05) is 60.7 Å². The highest BCUT2D eigenvalue weighted by Gasteiger charge is 2.20. The molecule has 106 valence electrons. The summed E-state index contributed by atoms with van der Waals surface area (Å²) >= 11 is 0. The summed E-state index contributed by atoms with van der Waals surface area (Å²) in [7, 11) is 0. The highest BCUT2D eigenvalue weighted by Crippen LogP contribution is 2.27. The van der Waals surface area contributed by atoms with Gasteiger partial charge in [-0.25, -0.2) is 0 Å². The number of carbonyl (C=O) groups is 1. The molecule has 0 unspecified atom stereocenters. The molecule has 0 aromatic heterocycles. The lowest BCUT2D eigenvalue weighted by Gasteiger charge is -2.23. The Morgan fingerprint density at radius 1 is 1.05 bits per heavy atom. The molecule has 1 aliphatic heterocycles. The van der Waals surface area contributed by atoms with Gasteiger partial charge in [-0.05, 0) is 23.3 Å². The summed E-state index contributed by atoms with van der Waals surface area (Å²) in [4.78, 5) is 13.8. The fourth-order valence-electron chi connectivity index (χ4n) is 2.34. The summed E-state index contributed by atoms with van der Waals surface area (Å²) in [5, 5.41) is 7.51. The van der Waals surface area contributed by atoms with E-state index in [1.165, 1.54) is 11.0 Å². The molecule has 0 saturated heterocycles. The molecule has 0 aliphatic carbocycles. The number of amides is 1. The van der Waals surface area contributed by atoms with Gasteiger partial charge in [0.25, 0.3) is 5.91 Å². The molecule has 0 bridgehead atoms. The Morgan fingerprint density at radius 3 is 2.55 bits per heavy atom. The van der Waals surface area contributed by atoms with Gasteiger partial charge in [-0.3, -0.25) is 15.1 Å². The second-order valence-corrected chi connectivity index (χ2v) is 4.83. The second kappa shape index (κ2) is 6.08. The minimum Gasteiger partial charge on any atom is -0.275 e. The molecule has 3 nitrogen and oxygen atoms in total. The quantitative estimate of drug-likeness (QED) is 0.662. The smallest absolute Gasteiger partial charge is 0.255 e. The number of nitrogens with zero attached hydrogens (tertiary/aromatic N) is 1. The van der Waals surface area contributed by atoms with Crippen LogP contribution in [0.15, 0.2) is 66.9 Å². The minimum absolute atomic E-state index is 0.204. The first kappa shape index (κ1) is 13.8. The Hall–Kier alpha value is -3.16. The van der Waals surface area contributed by atoms with Gasteiger partial charge in [0, 0.05) is 23.7 Å². The van der Waals surface area contributed by atoms with Gasteiger partial charge in [0.1, 0.15) is 5.70 Å². The molecule has 1 N–H and O–H groups in total. The predicted molar refractivity (Wildman–Crippen MR) is 88.9 cm³/mol. The predicted octanol–water partition coefficient (Wildman–Crippen LogP) is 3.80. The van der Waals surface area contributed by atoms with E-state index in [0.29, 0.717) is 5.70 Å². The molecular weight excluding hydrogens is 272 g/mol. The molecule has 3 heteroatoms. The molecule has 1 aliphatic rings. The first-order chi connectivity index (χ1) is 10.8. The lowest BCUT2D eigenvalue weighted by Crippen LogP contribution is -2.25. The van der Waals surface area contributed by atoms with Crippen molar-refractivity contribution in [1.82, 2.24) is 4.90 Å². The molecule has 1 amide bonds. The summed E-state index contributed by atoms with van der Waals surface area (Å²) in [6, 6.07) is 17.3. The van der Waals surface area contributed by atoms with E-state index in [2.05, 4.69) is 5.87 Å². The maximum Gasteiger partial charge on any atom is 0.255 e. The van der Waals surface area contributed by atoms with Gasteiger partial charge >= 0.3 is 0 Å². The van der Waals surface area contributed by atoms with E-state index >= 15 is 0 Å². The number of rotatable bonds is 2. The van der Waals surface area contributed by atoms with E-state index in [0.717, 1.165) is 16.7 Å². The summed E-state index contributed by atoms with van der Waals surface area (Å²) in [6.45, 7) is 0. The van der Waals surface area contributed by atoms with Crippen molar-refractivity contribution in [1.29, 1.82) is 5.41 Å². The van der Waals surface area contributed by atoms with Crippen LogP contribution in [0.25, 0.3) is 17.8 Å². The Morgan fingerprint density at radius 2 is 1.77 bits per heavy atom. The second-order valence-electron chi connectivity index (χ2n) is 4.83. The standard InChI is InChI=1S/C19H14N2O/c20-14-18-17-9-5-4-8-16(17)12-13-21(18)19(22)11-10-15-6-2-1-3-7-15/h1-13,20H/b11-10+. The maximum absolute atomic E-state index is 12.4. The molecule has 2 aromatic carbocycles. The Kier molecular flexibility index (Phi) is 3.82. The van der Waals surface area contributed by atoms with E-state index in [9.17, 15) is 4.79 Å². The highest BCUT2D eigenvalue weighted by atomic mass is 16.2. The minimum atomic E-state index is -0.204. The normalized spacial score (nSPS) is 13.1. The number of fused-ring (bicyclic) bond motifs is 1. The van der Waals surface area contributed by atoms with E-state index in [4.69, 9.17) is 5.41 Å². The molecule has 22 heavy (non-hydrogen) atoms. The van der Waals surface area contributed by atoms with Gasteiger partial charge in [0.15, 0.2) is 0 Å². The summed E-state index contributed by atoms with van der Waals surface area (Å²) in [6.07, 6.45) is 6.81. The zero-order chi connectivity index (χ0) is 15.4. The number of nitrogens with one attached hydrogen (secondary N) is 1. The van der Waals surface area contributed by atoms with Crippen LogP contribution in [0.1, 0.15) is 16.7 Å².